The number of amides is 1. The summed E-state index contributed by atoms with van der Waals surface area (Å²) in [6, 6.07) is 11.8. The number of benzene rings is 2. The minimum atomic E-state index is -0.605. The Kier molecular flexibility index (Phi) is 5.68. The predicted molar refractivity (Wildman–Crippen MR) is 110 cm³/mol. The second kappa shape index (κ2) is 8.03. The topological polar surface area (TPSA) is 73.2 Å². The van der Waals surface area contributed by atoms with Crippen molar-refractivity contribution >= 4 is 17.0 Å². The Balaban J connectivity index is 2.02. The Morgan fingerprint density at radius 1 is 1.17 bits per heavy atom. The van der Waals surface area contributed by atoms with Crippen LogP contribution in [0.5, 0.6) is 0 Å². The molecule has 0 fully saturated rings. The maximum atomic E-state index is 14.4. The number of carbonyl (C=O) groups excluding carboxylic acids is 1. The second-order valence-corrected chi connectivity index (χ2v) is 7.77. The molecular weight excluding hydrogens is 373 g/mol. The number of hydrogen-bond acceptors (Lipinski definition) is 4. The lowest BCUT2D eigenvalue weighted by Crippen LogP contribution is -2.34. The molecule has 152 valence electrons. The average Bonchev–Trinajstić information content (AvgIpc) is 2.64. The van der Waals surface area contributed by atoms with E-state index in [2.05, 4.69) is 10.3 Å². The molecule has 0 radical (unpaired) electrons. The van der Waals surface area contributed by atoms with Crippen LogP contribution in [0.25, 0.3) is 16.6 Å². The lowest BCUT2D eigenvalue weighted by Gasteiger charge is -2.20. The summed E-state index contributed by atoms with van der Waals surface area (Å²) in [4.78, 5) is 29.7. The summed E-state index contributed by atoms with van der Waals surface area (Å²) >= 11 is 0. The summed E-state index contributed by atoms with van der Waals surface area (Å²) in [6.45, 7) is 7.34. The van der Waals surface area contributed by atoms with Gasteiger partial charge in [0.1, 0.15) is 22.6 Å². The largest absolute Gasteiger partial charge is 0.444 e. The minimum Gasteiger partial charge on any atom is -0.444 e. The number of carbonyl (C=O) groups is 1. The molecule has 1 N–H and O–H groups in total. The van der Waals surface area contributed by atoms with E-state index in [4.69, 9.17) is 4.74 Å². The number of nitrogens with one attached hydrogen (secondary N) is 1. The molecule has 0 spiro atoms. The fourth-order valence-electron chi connectivity index (χ4n) is 3.03. The SMILES string of the molecule is Cc1ccc(F)c2c(=O)n(-c3ccccc3)c(CCNC(=O)OC(C)(C)C)nc12. The van der Waals surface area contributed by atoms with E-state index in [1.807, 2.05) is 6.07 Å². The zero-order valence-electron chi connectivity index (χ0n) is 17.0. The fourth-order valence-corrected chi connectivity index (χ4v) is 3.03. The van der Waals surface area contributed by atoms with Crippen molar-refractivity contribution in [1.29, 1.82) is 0 Å². The number of nitrogens with zero attached hydrogens (tertiary/aromatic N) is 2. The number of aromatic nitrogens is 2. The van der Waals surface area contributed by atoms with Gasteiger partial charge in [-0.15, -0.1) is 0 Å². The van der Waals surface area contributed by atoms with Crippen molar-refractivity contribution in [2.24, 2.45) is 0 Å². The molecular formula is C22H24FN3O3. The van der Waals surface area contributed by atoms with Gasteiger partial charge in [-0.2, -0.15) is 0 Å². The van der Waals surface area contributed by atoms with E-state index in [0.717, 1.165) is 0 Å². The van der Waals surface area contributed by atoms with E-state index in [0.29, 0.717) is 22.6 Å². The molecule has 0 saturated carbocycles. The van der Waals surface area contributed by atoms with Crippen LogP contribution in [0, 0.1) is 12.7 Å². The van der Waals surface area contributed by atoms with Crippen LogP contribution >= 0.6 is 0 Å². The van der Waals surface area contributed by atoms with Crippen molar-refractivity contribution in [1.82, 2.24) is 14.9 Å². The third-order valence-electron chi connectivity index (χ3n) is 4.28. The van der Waals surface area contributed by atoms with Gasteiger partial charge < -0.3 is 10.1 Å². The van der Waals surface area contributed by atoms with Crippen LogP contribution in [0.2, 0.25) is 0 Å². The summed E-state index contributed by atoms with van der Waals surface area (Å²) in [5, 5.41) is 2.63. The van der Waals surface area contributed by atoms with Crippen molar-refractivity contribution in [2.45, 2.75) is 39.7 Å². The smallest absolute Gasteiger partial charge is 0.407 e. The Hall–Kier alpha value is -3.22. The third kappa shape index (κ3) is 4.62. The van der Waals surface area contributed by atoms with E-state index < -0.39 is 23.1 Å². The molecule has 3 rings (SSSR count). The molecule has 29 heavy (non-hydrogen) atoms. The summed E-state index contributed by atoms with van der Waals surface area (Å²) in [5.74, 6) is -0.176. The quantitative estimate of drug-likeness (QED) is 0.725. The zero-order valence-corrected chi connectivity index (χ0v) is 17.0. The van der Waals surface area contributed by atoms with E-state index >= 15 is 0 Å². The van der Waals surface area contributed by atoms with Gasteiger partial charge >= 0.3 is 6.09 Å². The molecule has 0 unspecified atom stereocenters. The molecule has 0 bridgehead atoms. The number of ether oxygens (including phenoxy) is 1. The fraction of sp³-hybridized carbons (Fsp3) is 0.318. The van der Waals surface area contributed by atoms with Gasteiger partial charge in [0.2, 0.25) is 0 Å². The first-order valence-corrected chi connectivity index (χ1v) is 9.40. The molecule has 0 atom stereocenters. The van der Waals surface area contributed by atoms with Crippen molar-refractivity contribution in [3.63, 3.8) is 0 Å². The highest BCUT2D eigenvalue weighted by atomic mass is 19.1. The molecule has 0 aliphatic carbocycles. The molecule has 6 nitrogen and oxygen atoms in total. The van der Waals surface area contributed by atoms with Crippen molar-refractivity contribution in [2.75, 3.05) is 6.54 Å². The molecule has 2 aromatic carbocycles. The van der Waals surface area contributed by atoms with Gasteiger partial charge in [0.25, 0.3) is 5.56 Å². The van der Waals surface area contributed by atoms with Gasteiger partial charge in [0, 0.05) is 13.0 Å². The molecule has 1 aromatic heterocycles. The Morgan fingerprint density at radius 2 is 1.86 bits per heavy atom. The number of fused-ring (bicyclic) bond motifs is 1. The molecule has 0 aliphatic rings. The maximum absolute atomic E-state index is 14.4. The highest BCUT2D eigenvalue weighted by Crippen LogP contribution is 2.19. The van der Waals surface area contributed by atoms with Gasteiger partial charge in [-0.3, -0.25) is 9.36 Å². The summed E-state index contributed by atoms with van der Waals surface area (Å²) in [5.41, 5.74) is 0.538. The lowest BCUT2D eigenvalue weighted by molar-refractivity contribution is 0.0528. The predicted octanol–water partition coefficient (Wildman–Crippen LogP) is 3.90. The normalized spacial score (nSPS) is 11.5. The van der Waals surface area contributed by atoms with Crippen molar-refractivity contribution in [3.05, 3.63) is 70.0 Å². The molecule has 0 aliphatic heterocycles. The van der Waals surface area contributed by atoms with Crippen molar-refractivity contribution < 1.29 is 13.9 Å². The average molecular weight is 397 g/mol. The van der Waals surface area contributed by atoms with Crippen LogP contribution in [-0.4, -0.2) is 27.8 Å². The van der Waals surface area contributed by atoms with Crippen molar-refractivity contribution in [3.8, 4) is 5.69 Å². The first-order valence-electron chi connectivity index (χ1n) is 9.40. The molecule has 1 amide bonds. The van der Waals surface area contributed by atoms with Crippen LogP contribution < -0.4 is 10.9 Å². The van der Waals surface area contributed by atoms with E-state index in [1.54, 1.807) is 58.0 Å². The van der Waals surface area contributed by atoms with Crippen LogP contribution in [0.4, 0.5) is 9.18 Å². The molecule has 1 heterocycles. The molecule has 7 heteroatoms. The molecule has 0 saturated heterocycles. The Bertz CT molecular complexity index is 1100. The molecule has 3 aromatic rings. The standard InChI is InChI=1S/C22H24FN3O3/c1-14-10-11-16(23)18-19(14)25-17(12-13-24-21(28)29-22(2,3)4)26(20(18)27)15-8-6-5-7-9-15/h5-11H,12-13H2,1-4H3,(H,24,28). The van der Waals surface area contributed by atoms with Crippen LogP contribution in [0.15, 0.2) is 47.3 Å². The highest BCUT2D eigenvalue weighted by Gasteiger charge is 2.18. The van der Waals surface area contributed by atoms with Gasteiger partial charge in [-0.25, -0.2) is 14.2 Å². The minimum absolute atomic E-state index is 0.0438. The van der Waals surface area contributed by atoms with Crippen LogP contribution in [0.1, 0.15) is 32.2 Å². The summed E-state index contributed by atoms with van der Waals surface area (Å²) < 4.78 is 21.1. The number of alkyl carbamates (subject to hydrolysis) is 1. The second-order valence-electron chi connectivity index (χ2n) is 7.77. The Labute approximate surface area is 168 Å². The van der Waals surface area contributed by atoms with E-state index in [9.17, 15) is 14.0 Å². The van der Waals surface area contributed by atoms with Gasteiger partial charge in [-0.05, 0) is 51.5 Å². The van der Waals surface area contributed by atoms with Gasteiger partial charge in [0.15, 0.2) is 0 Å². The number of aryl methyl sites for hydroxylation is 1. The van der Waals surface area contributed by atoms with Gasteiger partial charge in [0.05, 0.1) is 11.2 Å². The lowest BCUT2D eigenvalue weighted by atomic mass is 10.1. The summed E-state index contributed by atoms with van der Waals surface area (Å²) in [7, 11) is 0. The van der Waals surface area contributed by atoms with E-state index in [-0.39, 0.29) is 18.4 Å². The monoisotopic (exact) mass is 397 g/mol. The third-order valence-corrected chi connectivity index (χ3v) is 4.28. The van der Waals surface area contributed by atoms with E-state index in [1.165, 1.54) is 10.6 Å². The number of hydrogen-bond donors (Lipinski definition) is 1. The Morgan fingerprint density at radius 3 is 2.52 bits per heavy atom. The number of halogens is 1. The number of rotatable bonds is 4. The van der Waals surface area contributed by atoms with Crippen LogP contribution in [0.3, 0.4) is 0 Å². The number of para-hydroxylation sites is 1. The zero-order chi connectivity index (χ0) is 21.2. The first-order chi connectivity index (χ1) is 13.7. The van der Waals surface area contributed by atoms with Crippen LogP contribution in [-0.2, 0) is 11.2 Å². The maximum Gasteiger partial charge on any atom is 0.407 e. The van der Waals surface area contributed by atoms with Gasteiger partial charge in [-0.1, -0.05) is 24.3 Å². The first kappa shape index (κ1) is 20.5. The highest BCUT2D eigenvalue weighted by molar-refractivity contribution is 5.81. The summed E-state index contributed by atoms with van der Waals surface area (Å²) in [6.07, 6.45) is -0.274.